The van der Waals surface area contributed by atoms with Gasteiger partial charge in [-0.05, 0) is 30.4 Å². The van der Waals surface area contributed by atoms with Crippen molar-refractivity contribution in [2.24, 2.45) is 5.41 Å². The molecule has 1 saturated carbocycles. The molecule has 0 amide bonds. The van der Waals surface area contributed by atoms with Crippen molar-refractivity contribution in [1.82, 2.24) is 0 Å². The number of carboxylic acid groups (broad SMARTS) is 1. The summed E-state index contributed by atoms with van der Waals surface area (Å²) in [4.78, 5) is 11.1. The molecule has 0 bridgehead atoms. The highest BCUT2D eigenvalue weighted by Gasteiger charge is 2.31. The summed E-state index contributed by atoms with van der Waals surface area (Å²) in [5, 5.41) is 12.2. The molecule has 0 unspecified atom stereocenters. The van der Waals surface area contributed by atoms with E-state index in [4.69, 9.17) is 10.8 Å². The third kappa shape index (κ3) is 2.25. The van der Waals surface area contributed by atoms with Crippen molar-refractivity contribution in [1.29, 1.82) is 0 Å². The number of nitrogens with one attached hydrogen (secondary N) is 1. The second-order valence-electron chi connectivity index (χ2n) is 5.21. The van der Waals surface area contributed by atoms with E-state index in [1.165, 1.54) is 18.6 Å². The molecule has 0 heterocycles. The van der Waals surface area contributed by atoms with Gasteiger partial charge in [-0.15, -0.1) is 0 Å². The van der Waals surface area contributed by atoms with E-state index in [2.05, 4.69) is 12.2 Å². The molecule has 2 rings (SSSR count). The molecule has 1 aromatic rings. The average Bonchev–Trinajstić information content (AvgIpc) is 2.27. The molecule has 0 saturated heterocycles. The van der Waals surface area contributed by atoms with Crippen LogP contribution in [0, 0.1) is 11.2 Å². The SMILES string of the molecule is CC1(CNc2ccc(F)c(N)c2C(=O)O)CCC1. The van der Waals surface area contributed by atoms with Crippen molar-refractivity contribution in [3.63, 3.8) is 0 Å². The van der Waals surface area contributed by atoms with Gasteiger partial charge in [-0.1, -0.05) is 13.3 Å². The van der Waals surface area contributed by atoms with Gasteiger partial charge in [0.1, 0.15) is 11.4 Å². The molecule has 1 aliphatic carbocycles. The first-order valence-electron chi connectivity index (χ1n) is 5.98. The summed E-state index contributed by atoms with van der Waals surface area (Å²) < 4.78 is 13.3. The number of hydrogen-bond acceptors (Lipinski definition) is 3. The third-order valence-corrected chi connectivity index (χ3v) is 3.67. The molecule has 0 atom stereocenters. The van der Waals surface area contributed by atoms with E-state index in [0.29, 0.717) is 12.2 Å². The highest BCUT2D eigenvalue weighted by atomic mass is 19.1. The van der Waals surface area contributed by atoms with Gasteiger partial charge in [0.2, 0.25) is 0 Å². The van der Waals surface area contributed by atoms with Crippen LogP contribution in [0.2, 0.25) is 0 Å². The van der Waals surface area contributed by atoms with Crippen LogP contribution < -0.4 is 11.1 Å². The molecule has 0 radical (unpaired) electrons. The number of nitrogens with two attached hydrogens (primary N) is 1. The second-order valence-corrected chi connectivity index (χ2v) is 5.21. The Kier molecular flexibility index (Phi) is 3.15. The third-order valence-electron chi connectivity index (χ3n) is 3.67. The number of nitrogen functional groups attached to an aromatic ring is 1. The van der Waals surface area contributed by atoms with Crippen LogP contribution in [0.1, 0.15) is 36.5 Å². The largest absolute Gasteiger partial charge is 0.478 e. The molecule has 0 aromatic heterocycles. The number of hydrogen-bond donors (Lipinski definition) is 3. The standard InChI is InChI=1S/C13H17FN2O2/c1-13(5-2-6-13)7-16-9-4-3-8(14)11(15)10(9)12(17)18/h3-4,16H,2,5-7,15H2,1H3,(H,17,18). The topological polar surface area (TPSA) is 75.3 Å². The number of rotatable bonds is 4. The predicted octanol–water partition coefficient (Wildman–Crippen LogP) is 2.71. The Labute approximate surface area is 105 Å². The molecule has 0 aliphatic heterocycles. The first-order chi connectivity index (χ1) is 8.43. The Bertz CT molecular complexity index is 484. The van der Waals surface area contributed by atoms with Gasteiger partial charge in [0.15, 0.2) is 0 Å². The molecule has 4 N–H and O–H groups in total. The summed E-state index contributed by atoms with van der Waals surface area (Å²) >= 11 is 0. The number of carboxylic acids is 1. The molecule has 5 heteroatoms. The Morgan fingerprint density at radius 3 is 2.72 bits per heavy atom. The fourth-order valence-corrected chi connectivity index (χ4v) is 2.24. The monoisotopic (exact) mass is 252 g/mol. The van der Waals surface area contributed by atoms with Gasteiger partial charge >= 0.3 is 5.97 Å². The lowest BCUT2D eigenvalue weighted by Gasteiger charge is -2.38. The lowest BCUT2D eigenvalue weighted by Crippen LogP contribution is -2.33. The van der Waals surface area contributed by atoms with E-state index in [9.17, 15) is 9.18 Å². The average molecular weight is 252 g/mol. The Morgan fingerprint density at radius 2 is 2.22 bits per heavy atom. The van der Waals surface area contributed by atoms with Crippen molar-refractivity contribution in [3.05, 3.63) is 23.5 Å². The van der Waals surface area contributed by atoms with Crippen LogP contribution in [-0.4, -0.2) is 17.6 Å². The molecular weight excluding hydrogens is 235 g/mol. The molecule has 4 nitrogen and oxygen atoms in total. The van der Waals surface area contributed by atoms with Crippen molar-refractivity contribution < 1.29 is 14.3 Å². The summed E-state index contributed by atoms with van der Waals surface area (Å²) in [6.45, 7) is 2.83. The second kappa shape index (κ2) is 4.48. The number of anilines is 2. The maximum absolute atomic E-state index is 13.3. The predicted molar refractivity (Wildman–Crippen MR) is 68.2 cm³/mol. The minimum Gasteiger partial charge on any atom is -0.478 e. The molecule has 1 fully saturated rings. The zero-order chi connectivity index (χ0) is 13.3. The number of aromatic carboxylic acids is 1. The molecular formula is C13H17FN2O2. The summed E-state index contributed by atoms with van der Waals surface area (Å²) in [5.74, 6) is -1.92. The Hall–Kier alpha value is -1.78. The Balaban J connectivity index is 2.21. The first-order valence-corrected chi connectivity index (χ1v) is 5.98. The lowest BCUT2D eigenvalue weighted by molar-refractivity contribution is 0.0698. The fourth-order valence-electron chi connectivity index (χ4n) is 2.24. The molecule has 1 aromatic carbocycles. The van der Waals surface area contributed by atoms with Crippen molar-refractivity contribution in [2.45, 2.75) is 26.2 Å². The highest BCUT2D eigenvalue weighted by Crippen LogP contribution is 2.40. The lowest BCUT2D eigenvalue weighted by atomic mass is 9.70. The van der Waals surface area contributed by atoms with Gasteiger partial charge < -0.3 is 16.2 Å². The van der Waals surface area contributed by atoms with E-state index >= 15 is 0 Å². The molecule has 0 spiro atoms. The van der Waals surface area contributed by atoms with Crippen LogP contribution in [0.3, 0.4) is 0 Å². The number of carbonyl (C=O) groups is 1. The highest BCUT2D eigenvalue weighted by molar-refractivity contribution is 6.00. The van der Waals surface area contributed by atoms with E-state index in [1.807, 2.05) is 0 Å². The first kappa shape index (κ1) is 12.7. The van der Waals surface area contributed by atoms with Gasteiger partial charge in [-0.2, -0.15) is 0 Å². The van der Waals surface area contributed by atoms with Gasteiger partial charge in [-0.25, -0.2) is 9.18 Å². The number of benzene rings is 1. The van der Waals surface area contributed by atoms with Crippen molar-refractivity contribution in [3.8, 4) is 0 Å². The minimum absolute atomic E-state index is 0.182. The van der Waals surface area contributed by atoms with Gasteiger partial charge in [-0.3, -0.25) is 0 Å². The van der Waals surface area contributed by atoms with Gasteiger partial charge in [0.25, 0.3) is 0 Å². The summed E-state index contributed by atoms with van der Waals surface area (Å²) in [6, 6.07) is 2.62. The fraction of sp³-hybridized carbons (Fsp3) is 0.462. The van der Waals surface area contributed by atoms with E-state index in [0.717, 1.165) is 12.8 Å². The minimum atomic E-state index is -1.21. The van der Waals surface area contributed by atoms with Gasteiger partial charge in [0, 0.05) is 6.54 Å². The molecule has 98 valence electrons. The van der Waals surface area contributed by atoms with Crippen LogP contribution in [0.15, 0.2) is 12.1 Å². The maximum atomic E-state index is 13.3. The van der Waals surface area contributed by atoms with Crippen LogP contribution in [0.5, 0.6) is 0 Å². The van der Waals surface area contributed by atoms with Crippen molar-refractivity contribution in [2.75, 3.05) is 17.6 Å². The van der Waals surface area contributed by atoms with Crippen LogP contribution in [0.25, 0.3) is 0 Å². The summed E-state index contributed by atoms with van der Waals surface area (Å²) in [6.07, 6.45) is 3.45. The number of halogens is 1. The smallest absolute Gasteiger partial charge is 0.340 e. The van der Waals surface area contributed by atoms with Crippen molar-refractivity contribution >= 4 is 17.3 Å². The maximum Gasteiger partial charge on any atom is 0.340 e. The normalized spacial score (nSPS) is 17.0. The molecule has 18 heavy (non-hydrogen) atoms. The molecule has 1 aliphatic rings. The Morgan fingerprint density at radius 1 is 1.56 bits per heavy atom. The van der Waals surface area contributed by atoms with Gasteiger partial charge in [0.05, 0.1) is 11.4 Å². The summed E-state index contributed by atoms with van der Waals surface area (Å²) in [7, 11) is 0. The van der Waals surface area contributed by atoms with Crippen LogP contribution in [-0.2, 0) is 0 Å². The van der Waals surface area contributed by atoms with E-state index in [-0.39, 0.29) is 16.7 Å². The quantitative estimate of drug-likeness (QED) is 0.720. The van der Waals surface area contributed by atoms with Crippen LogP contribution in [0.4, 0.5) is 15.8 Å². The zero-order valence-corrected chi connectivity index (χ0v) is 10.3. The van der Waals surface area contributed by atoms with E-state index < -0.39 is 11.8 Å². The van der Waals surface area contributed by atoms with Crippen LogP contribution >= 0.6 is 0 Å². The van der Waals surface area contributed by atoms with E-state index in [1.54, 1.807) is 0 Å². The summed E-state index contributed by atoms with van der Waals surface area (Å²) in [5.41, 5.74) is 5.57. The zero-order valence-electron chi connectivity index (χ0n) is 10.3.